The Hall–Kier alpha value is -3.13. The van der Waals surface area contributed by atoms with Gasteiger partial charge in [-0.3, -0.25) is 9.59 Å². The Morgan fingerprint density at radius 3 is 1.83 bits per heavy atom. The quantitative estimate of drug-likeness (QED) is 0.833. The fourth-order valence-corrected chi connectivity index (χ4v) is 2.01. The van der Waals surface area contributed by atoms with Gasteiger partial charge in [0.15, 0.2) is 0 Å². The first kappa shape index (κ1) is 16.2. The van der Waals surface area contributed by atoms with Crippen LogP contribution < -0.4 is 10.6 Å². The number of benzene rings is 2. The fourth-order valence-electron chi connectivity index (χ4n) is 2.01. The molecule has 0 saturated heterocycles. The van der Waals surface area contributed by atoms with E-state index in [2.05, 4.69) is 17.6 Å². The highest BCUT2D eigenvalue weighted by Crippen LogP contribution is 2.11. The summed E-state index contributed by atoms with van der Waals surface area (Å²) in [6, 6.07) is 16.0. The number of anilines is 2. The first-order valence-electron chi connectivity index (χ1n) is 7.29. The lowest BCUT2D eigenvalue weighted by Gasteiger charge is -2.07. The Morgan fingerprint density at radius 2 is 1.39 bits per heavy atom. The molecule has 0 saturated carbocycles. The lowest BCUT2D eigenvalue weighted by atomic mass is 10.1. The molecule has 2 aromatic rings. The van der Waals surface area contributed by atoms with Gasteiger partial charge >= 0.3 is 0 Å². The monoisotopic (exact) mass is 307 g/mol. The molecule has 2 rings (SSSR count). The number of aryl methyl sites for hydroxylation is 1. The molecule has 0 radical (unpaired) electrons. The number of carbonyl (C=O) groups excluding carboxylic acids is 2. The average molecular weight is 307 g/mol. The van der Waals surface area contributed by atoms with Gasteiger partial charge in [-0.2, -0.15) is 5.26 Å². The summed E-state index contributed by atoms with van der Waals surface area (Å²) >= 11 is 0. The third kappa shape index (κ3) is 4.97. The summed E-state index contributed by atoms with van der Waals surface area (Å²) in [7, 11) is 0. The van der Waals surface area contributed by atoms with E-state index < -0.39 is 5.91 Å². The van der Waals surface area contributed by atoms with E-state index in [0.29, 0.717) is 16.9 Å². The predicted octanol–water partition coefficient (Wildman–Crippen LogP) is 3.09. The summed E-state index contributed by atoms with van der Waals surface area (Å²) in [6.07, 6.45) is 0.663. The molecule has 0 aliphatic carbocycles. The third-order valence-electron chi connectivity index (χ3n) is 3.26. The molecule has 0 unspecified atom stereocenters. The van der Waals surface area contributed by atoms with Crippen LogP contribution in [0.5, 0.6) is 0 Å². The smallest absolute Gasteiger partial charge is 0.233 e. The van der Waals surface area contributed by atoms with Crippen molar-refractivity contribution in [3.8, 4) is 6.07 Å². The number of hydrogen-bond donors (Lipinski definition) is 2. The third-order valence-corrected chi connectivity index (χ3v) is 3.26. The van der Waals surface area contributed by atoms with E-state index in [0.717, 1.165) is 6.42 Å². The lowest BCUT2D eigenvalue weighted by molar-refractivity contribution is -0.123. The van der Waals surface area contributed by atoms with Gasteiger partial charge in [0.25, 0.3) is 0 Å². The Kier molecular flexibility index (Phi) is 5.48. The van der Waals surface area contributed by atoms with E-state index in [1.165, 1.54) is 5.56 Å². The highest BCUT2D eigenvalue weighted by atomic mass is 16.2. The topological polar surface area (TPSA) is 82.0 Å². The molecule has 5 heteroatoms. The van der Waals surface area contributed by atoms with Crippen LogP contribution in [-0.4, -0.2) is 11.8 Å². The summed E-state index contributed by atoms with van der Waals surface area (Å²) < 4.78 is 0. The van der Waals surface area contributed by atoms with Gasteiger partial charge < -0.3 is 10.6 Å². The molecule has 0 aromatic heterocycles. The van der Waals surface area contributed by atoms with Crippen molar-refractivity contribution < 1.29 is 9.59 Å². The summed E-state index contributed by atoms with van der Waals surface area (Å²) in [5.74, 6) is -0.780. The molecule has 0 atom stereocenters. The van der Waals surface area contributed by atoms with E-state index in [1.54, 1.807) is 24.3 Å². The number of nitriles is 1. The molecule has 0 aliphatic heterocycles. The second-order valence-electron chi connectivity index (χ2n) is 5.01. The molecule has 0 aliphatic rings. The van der Waals surface area contributed by atoms with E-state index in [4.69, 9.17) is 5.26 Å². The van der Waals surface area contributed by atoms with E-state index in [1.807, 2.05) is 30.3 Å². The van der Waals surface area contributed by atoms with E-state index in [-0.39, 0.29) is 12.3 Å². The zero-order valence-corrected chi connectivity index (χ0v) is 12.8. The molecule has 0 fully saturated rings. The maximum Gasteiger partial charge on any atom is 0.233 e. The Balaban J connectivity index is 1.86. The minimum atomic E-state index is -0.405. The second kappa shape index (κ2) is 7.76. The van der Waals surface area contributed by atoms with Crippen LogP contribution in [0.1, 0.15) is 24.5 Å². The zero-order valence-electron chi connectivity index (χ0n) is 12.8. The Bertz CT molecular complexity index is 728. The minimum Gasteiger partial charge on any atom is -0.326 e. The molecule has 0 spiro atoms. The summed E-state index contributed by atoms with van der Waals surface area (Å²) in [5, 5.41) is 14.0. The summed E-state index contributed by atoms with van der Waals surface area (Å²) in [4.78, 5) is 23.7. The number of amides is 2. The van der Waals surface area contributed by atoms with E-state index in [9.17, 15) is 9.59 Å². The number of rotatable bonds is 5. The highest BCUT2D eigenvalue weighted by molar-refractivity contribution is 6.08. The van der Waals surface area contributed by atoms with Gasteiger partial charge in [0, 0.05) is 11.4 Å². The van der Waals surface area contributed by atoms with Gasteiger partial charge in [0.1, 0.15) is 6.42 Å². The van der Waals surface area contributed by atoms with Gasteiger partial charge in [-0.05, 0) is 48.4 Å². The molecule has 2 amide bonds. The van der Waals surface area contributed by atoms with Crippen LogP contribution in [0, 0.1) is 11.3 Å². The molecule has 5 nitrogen and oxygen atoms in total. The number of nitrogens with zero attached hydrogens (tertiary/aromatic N) is 1. The Morgan fingerprint density at radius 1 is 0.913 bits per heavy atom. The lowest BCUT2D eigenvalue weighted by Crippen LogP contribution is -2.21. The molecule has 2 aromatic carbocycles. The molecule has 0 heterocycles. The summed E-state index contributed by atoms with van der Waals surface area (Å²) in [5.41, 5.74) is 2.91. The van der Waals surface area contributed by atoms with Crippen molar-refractivity contribution in [1.82, 2.24) is 0 Å². The van der Waals surface area contributed by atoms with Crippen LogP contribution in [0.15, 0.2) is 48.5 Å². The van der Waals surface area contributed by atoms with Crippen LogP contribution in [0.2, 0.25) is 0 Å². The van der Waals surface area contributed by atoms with Gasteiger partial charge in [-0.25, -0.2) is 0 Å². The van der Waals surface area contributed by atoms with Crippen LogP contribution in [0.4, 0.5) is 11.4 Å². The largest absolute Gasteiger partial charge is 0.326 e. The first-order valence-corrected chi connectivity index (χ1v) is 7.29. The molecule has 0 bridgehead atoms. The Labute approximate surface area is 134 Å². The normalized spacial score (nSPS) is 9.74. The SMILES string of the molecule is CCc1ccc(NC(=O)CC(=O)Nc2ccc(C#N)cc2)cc1. The van der Waals surface area contributed by atoms with Crippen LogP contribution >= 0.6 is 0 Å². The minimum absolute atomic E-state index is 0.268. The van der Waals surface area contributed by atoms with Gasteiger partial charge in [-0.15, -0.1) is 0 Å². The van der Waals surface area contributed by atoms with Crippen molar-refractivity contribution >= 4 is 23.2 Å². The van der Waals surface area contributed by atoms with Crippen molar-refractivity contribution in [2.24, 2.45) is 0 Å². The molecular formula is C18H17N3O2. The van der Waals surface area contributed by atoms with Crippen LogP contribution in [-0.2, 0) is 16.0 Å². The number of carbonyl (C=O) groups is 2. The van der Waals surface area contributed by atoms with Gasteiger partial charge in [0.05, 0.1) is 11.6 Å². The van der Waals surface area contributed by atoms with Gasteiger partial charge in [0.2, 0.25) is 11.8 Å². The first-order chi connectivity index (χ1) is 11.1. The maximum absolute atomic E-state index is 11.9. The van der Waals surface area contributed by atoms with Gasteiger partial charge in [-0.1, -0.05) is 19.1 Å². The van der Waals surface area contributed by atoms with Crippen LogP contribution in [0.25, 0.3) is 0 Å². The summed E-state index contributed by atoms with van der Waals surface area (Å²) in [6.45, 7) is 2.06. The van der Waals surface area contributed by atoms with E-state index >= 15 is 0 Å². The maximum atomic E-state index is 11.9. The predicted molar refractivity (Wildman–Crippen MR) is 88.9 cm³/mol. The number of nitrogens with one attached hydrogen (secondary N) is 2. The second-order valence-corrected chi connectivity index (χ2v) is 5.01. The highest BCUT2D eigenvalue weighted by Gasteiger charge is 2.10. The van der Waals surface area contributed by atoms with Crippen molar-refractivity contribution in [3.05, 3.63) is 59.7 Å². The van der Waals surface area contributed by atoms with Crippen molar-refractivity contribution in [3.63, 3.8) is 0 Å². The molecule has 116 valence electrons. The zero-order chi connectivity index (χ0) is 16.7. The number of hydrogen-bond acceptors (Lipinski definition) is 3. The fraction of sp³-hybridized carbons (Fsp3) is 0.167. The standard InChI is InChI=1S/C18H17N3O2/c1-2-13-3-7-15(8-4-13)20-17(22)11-18(23)21-16-9-5-14(12-19)6-10-16/h3-10H,2,11H2,1H3,(H,20,22)(H,21,23). The average Bonchev–Trinajstić information content (AvgIpc) is 2.56. The van der Waals surface area contributed by atoms with Crippen LogP contribution in [0.3, 0.4) is 0 Å². The van der Waals surface area contributed by atoms with Crippen molar-refractivity contribution in [2.75, 3.05) is 10.6 Å². The van der Waals surface area contributed by atoms with Crippen molar-refractivity contribution in [1.29, 1.82) is 5.26 Å². The molecular weight excluding hydrogens is 290 g/mol. The molecule has 23 heavy (non-hydrogen) atoms. The molecule has 2 N–H and O–H groups in total. The van der Waals surface area contributed by atoms with Crippen molar-refractivity contribution in [2.45, 2.75) is 19.8 Å².